The predicted octanol–water partition coefficient (Wildman–Crippen LogP) is 15.0. The third-order valence-electron chi connectivity index (χ3n) is 18.9. The van der Waals surface area contributed by atoms with E-state index in [2.05, 4.69) is 86.3 Å². The summed E-state index contributed by atoms with van der Waals surface area (Å²) < 4.78 is 94.1. The Hall–Kier alpha value is -7.74. The van der Waals surface area contributed by atoms with Gasteiger partial charge in [-0.2, -0.15) is 0 Å². The molecule has 0 radical (unpaired) electrons. The van der Waals surface area contributed by atoms with E-state index in [9.17, 15) is 4.79 Å². The van der Waals surface area contributed by atoms with E-state index in [1.54, 1.807) is 39.3 Å². The number of hydrogen-bond acceptors (Lipinski definition) is 20. The zero-order valence-corrected chi connectivity index (χ0v) is 65.3. The first kappa shape index (κ1) is 78.3. The van der Waals surface area contributed by atoms with Gasteiger partial charge in [-0.1, -0.05) is 191 Å². The Morgan fingerprint density at radius 3 is 1.68 bits per heavy atom. The topological polar surface area (TPSA) is 231 Å². The average molecular weight is 1490 g/mol. The Bertz CT molecular complexity index is 3890. The summed E-state index contributed by atoms with van der Waals surface area (Å²) in [5, 5.41) is 6.85. The van der Waals surface area contributed by atoms with Crippen molar-refractivity contribution in [1.29, 1.82) is 0 Å². The number of hydrogen-bond donors (Lipinski definition) is 2. The molecule has 0 unspecified atom stereocenters. The molecular formula is C80H104N6O16Si3. The van der Waals surface area contributed by atoms with Crippen molar-refractivity contribution in [3.63, 3.8) is 0 Å². The molecule has 2 aliphatic carbocycles. The third-order valence-corrected chi connectivity index (χ3v) is 27.0. The van der Waals surface area contributed by atoms with Crippen LogP contribution in [0, 0.1) is 0 Å². The molecule has 3 aliphatic rings. The number of esters is 1. The lowest BCUT2D eigenvalue weighted by Crippen LogP contribution is -2.61. The van der Waals surface area contributed by atoms with E-state index in [0.717, 1.165) is 95.9 Å². The molecule has 562 valence electrons. The normalized spacial score (nSPS) is 18.2. The Labute approximate surface area is 621 Å². The molecule has 3 heterocycles. The molecule has 1 amide bonds. The number of nitrogens with zero attached hydrogens (tertiary/aromatic N) is 4. The maximum absolute atomic E-state index is 16.0. The van der Waals surface area contributed by atoms with Gasteiger partial charge in [0.1, 0.15) is 48.2 Å². The second kappa shape index (κ2) is 37.2. The minimum Gasteiger partial charge on any atom is -0.497 e. The number of imidazole rings is 1. The summed E-state index contributed by atoms with van der Waals surface area (Å²) in [7, 11) is -3.07. The van der Waals surface area contributed by atoms with Crippen LogP contribution in [-0.2, 0) is 71.7 Å². The second-order valence-corrected chi connectivity index (χ2v) is 40.4. The minimum absolute atomic E-state index is 0.00260. The van der Waals surface area contributed by atoms with Gasteiger partial charge in [0.05, 0.1) is 59.7 Å². The van der Waals surface area contributed by atoms with Gasteiger partial charge in [-0.15, -0.1) is 0 Å². The van der Waals surface area contributed by atoms with Gasteiger partial charge in [0.15, 0.2) is 45.9 Å². The lowest BCUT2D eigenvalue weighted by molar-refractivity contribution is -0.321. The Morgan fingerprint density at radius 2 is 1.13 bits per heavy atom. The number of amides is 1. The molecule has 1 saturated carbocycles. The molecule has 11 rings (SSSR count). The van der Waals surface area contributed by atoms with E-state index in [1.807, 2.05) is 121 Å². The number of nitrogens with one attached hydrogen (secondary N) is 2. The fraction of sp³-hybridized carbons (Fsp3) is 0.463. The van der Waals surface area contributed by atoms with Gasteiger partial charge >= 0.3 is 21.1 Å². The summed E-state index contributed by atoms with van der Waals surface area (Å²) in [5.41, 5.74) is 7.05. The van der Waals surface area contributed by atoms with E-state index in [-0.39, 0.29) is 58.1 Å². The molecule has 2 aromatic heterocycles. The number of ether oxygens (including phenoxy) is 10. The van der Waals surface area contributed by atoms with Crippen LogP contribution in [0.2, 0.25) is 39.3 Å². The zero-order chi connectivity index (χ0) is 73.8. The average Bonchev–Trinajstić information content (AvgIpc) is 1.27. The fourth-order valence-electron chi connectivity index (χ4n) is 14.0. The molecule has 25 heteroatoms. The molecule has 6 aromatic carbocycles. The van der Waals surface area contributed by atoms with E-state index >= 15 is 4.79 Å². The van der Waals surface area contributed by atoms with Crippen molar-refractivity contribution >= 4 is 54.7 Å². The molecule has 5 atom stereocenters. The lowest BCUT2D eigenvalue weighted by Gasteiger charge is -2.40. The highest BCUT2D eigenvalue weighted by Crippen LogP contribution is 2.46. The summed E-state index contributed by atoms with van der Waals surface area (Å²) in [6, 6.07) is 50.1. The molecule has 2 N–H and O–H groups in total. The van der Waals surface area contributed by atoms with E-state index in [4.69, 9.17) is 79.4 Å². The number of rotatable bonds is 34. The van der Waals surface area contributed by atoms with Crippen LogP contribution in [0.15, 0.2) is 170 Å². The Morgan fingerprint density at radius 1 is 0.610 bits per heavy atom. The molecular weight excluding hydrogens is 1390 g/mol. The summed E-state index contributed by atoms with van der Waals surface area (Å²) in [5.74, 6) is 0.612. The van der Waals surface area contributed by atoms with Crippen LogP contribution in [0.25, 0.3) is 22.3 Å². The number of fused-ring (bicyclic) bond motifs is 4. The highest BCUT2D eigenvalue weighted by Gasteiger charge is 2.57. The highest BCUT2D eigenvalue weighted by atomic mass is 28.5. The van der Waals surface area contributed by atoms with Gasteiger partial charge in [-0.25, -0.2) is 24.5 Å². The van der Waals surface area contributed by atoms with Gasteiger partial charge in [-0.3, -0.25) is 4.57 Å². The van der Waals surface area contributed by atoms with Crippen molar-refractivity contribution < 1.29 is 74.0 Å². The molecule has 1 aliphatic heterocycles. The predicted molar refractivity (Wildman–Crippen MR) is 408 cm³/mol. The second-order valence-electron chi connectivity index (χ2n) is 28.8. The highest BCUT2D eigenvalue weighted by molar-refractivity contribution is 6.83. The first-order valence-electron chi connectivity index (χ1n) is 36.8. The molecule has 0 spiro atoms. The third kappa shape index (κ3) is 20.5. The first-order valence-corrected chi connectivity index (χ1v) is 45.3. The number of anilines is 1. The SMILES string of the molecule is COCCOC(OCCOC)O[C@@H]1[C@H](OC(=[18O])[C@H](Cc2ccccc2)NC(=O)OCC2c3ccccc3-c3ccccc32)[C@@H](CO[Si](OC2CCCCCCCCCCC2)(O[Si](C)(C)C)O[Si](C)(C)C)O[C@H]1n1cnc2c(NC(c3ccccc3)(c3ccc(OC)cc3)c3ccc(OC)cc3)ncnc21. The van der Waals surface area contributed by atoms with Crippen molar-refractivity contribution in [3.05, 3.63) is 204 Å². The van der Waals surface area contributed by atoms with Crippen LogP contribution in [0.4, 0.5) is 10.6 Å². The quantitative estimate of drug-likeness (QED) is 0.00953. The van der Waals surface area contributed by atoms with Crippen molar-refractivity contribution in [2.45, 2.75) is 171 Å². The van der Waals surface area contributed by atoms with Crippen molar-refractivity contribution in [3.8, 4) is 22.6 Å². The number of carbonyl (C=O) groups is 2. The van der Waals surface area contributed by atoms with Crippen LogP contribution >= 0.6 is 0 Å². The van der Waals surface area contributed by atoms with Gasteiger partial charge < -0.3 is 75.1 Å². The van der Waals surface area contributed by atoms with Crippen molar-refractivity contribution in [2.24, 2.45) is 0 Å². The van der Waals surface area contributed by atoms with Crippen molar-refractivity contribution in [1.82, 2.24) is 24.8 Å². The Kier molecular flexibility index (Phi) is 27.7. The molecule has 0 bridgehead atoms. The monoisotopic (exact) mass is 1490 g/mol. The van der Waals surface area contributed by atoms with Gasteiger partial charge in [-0.05, 0) is 121 Å². The van der Waals surface area contributed by atoms with Gasteiger partial charge in [0, 0.05) is 26.6 Å². The number of carbonyl (C=O) groups excluding carboxylic acids is 2. The summed E-state index contributed by atoms with van der Waals surface area (Å²) in [6.07, 6.45) is 8.46. The first-order chi connectivity index (χ1) is 50.9. The summed E-state index contributed by atoms with van der Waals surface area (Å²) in [6.45, 7) is 11.3. The zero-order valence-electron chi connectivity index (χ0n) is 62.3. The van der Waals surface area contributed by atoms with Crippen LogP contribution in [0.5, 0.6) is 11.5 Å². The molecule has 2 fully saturated rings. The maximum atomic E-state index is 16.0. The minimum atomic E-state index is -4.25. The molecule has 105 heavy (non-hydrogen) atoms. The van der Waals surface area contributed by atoms with Crippen LogP contribution in [0.3, 0.4) is 0 Å². The molecule has 8 aromatic rings. The number of methoxy groups -OCH3 is 4. The van der Waals surface area contributed by atoms with Gasteiger partial charge in [0.25, 0.3) is 6.48 Å². The maximum Gasteiger partial charge on any atom is 0.658 e. The largest absolute Gasteiger partial charge is 0.658 e. The lowest BCUT2D eigenvalue weighted by atomic mass is 9.77. The van der Waals surface area contributed by atoms with Crippen LogP contribution < -0.4 is 20.1 Å². The summed E-state index contributed by atoms with van der Waals surface area (Å²) in [4.78, 5) is 45.7. The molecule has 1 saturated heterocycles. The number of aromatic nitrogens is 4. The van der Waals surface area contributed by atoms with Gasteiger partial charge in [0.2, 0.25) is 0 Å². The number of alkyl carbamates (subject to hydrolysis) is 1. The number of benzene rings is 6. The van der Waals surface area contributed by atoms with E-state index < -0.39 is 80.3 Å². The van der Waals surface area contributed by atoms with E-state index in [1.165, 1.54) is 25.6 Å². The van der Waals surface area contributed by atoms with E-state index in [0.29, 0.717) is 28.5 Å². The summed E-state index contributed by atoms with van der Waals surface area (Å²) >= 11 is 0. The molecule has 22 nitrogen and oxygen atoms in total. The standard InChI is InChI=1S/C80H104N6O16Si3/c1-89-48-50-93-79(94-51-49-90-2)99-73-72(98-77(87)69(52-57-30-20-18-21-31-57)84-78(88)95-53-68-66-38-28-26-36-64(66)65-37-27-29-39-67(65)68)70(54-96-105(101-103(5,6)7,102-104(8,9)10)100-63-34-24-16-14-12-11-13-15-17-25-35-63)97-76(73)86-56-83-71-74(81-55-82-75(71)86)85-80(58-32-22-19-23-33-58,59-40-44-61(91-3)45-41-59)60-42-46-62(92-4)47-43-60/h18-23,26-33,36-47,55-56,63,68-70,72-73,76,79H,11-17,24-25,34-35,48-54H2,1-10H3,(H,84,88)(H,81,82,85)/t69-,70+,72+,73+,76+/m0/s1/i87+2. The fourth-order valence-corrected chi connectivity index (χ4v) is 22.5. The smallest absolute Gasteiger partial charge is 0.497 e. The van der Waals surface area contributed by atoms with Crippen LogP contribution in [0.1, 0.15) is 116 Å². The van der Waals surface area contributed by atoms with Crippen molar-refractivity contribution in [2.75, 3.05) is 73.4 Å². The van der Waals surface area contributed by atoms with Crippen LogP contribution in [-0.4, -0.2) is 162 Å². The Balaban J connectivity index is 1.03.